The Bertz CT molecular complexity index is 1360. The van der Waals surface area contributed by atoms with Gasteiger partial charge in [-0.05, 0) is 118 Å². The summed E-state index contributed by atoms with van der Waals surface area (Å²) in [6.45, 7) is 4.43. The van der Waals surface area contributed by atoms with Gasteiger partial charge in [0, 0.05) is 43.1 Å². The second kappa shape index (κ2) is 13.6. The van der Waals surface area contributed by atoms with Crippen LogP contribution in [-0.4, -0.2) is 53.8 Å². The Labute approximate surface area is 256 Å². The van der Waals surface area contributed by atoms with E-state index in [2.05, 4.69) is 65.2 Å². The molecule has 3 aromatic rings. The van der Waals surface area contributed by atoms with Crippen LogP contribution in [-0.2, 0) is 9.53 Å². The molecule has 1 aliphatic heterocycles. The number of ether oxygens (including phenoxy) is 2. The van der Waals surface area contributed by atoms with Gasteiger partial charge < -0.3 is 19.5 Å². The number of aliphatic hydroxyl groups is 1. The van der Waals surface area contributed by atoms with Crippen molar-refractivity contribution < 1.29 is 19.4 Å². The molecule has 43 heavy (non-hydrogen) atoms. The normalized spacial score (nSPS) is 24.9. The van der Waals surface area contributed by atoms with Crippen molar-refractivity contribution in [2.45, 2.75) is 89.2 Å². The summed E-state index contributed by atoms with van der Waals surface area (Å²) in [5.41, 5.74) is 5.73. The molecule has 7 nitrogen and oxygen atoms in total. The summed E-state index contributed by atoms with van der Waals surface area (Å²) in [5, 5.41) is 14.8. The van der Waals surface area contributed by atoms with Gasteiger partial charge in [-0.1, -0.05) is 24.3 Å². The average molecular weight is 586 g/mol. The van der Waals surface area contributed by atoms with E-state index in [9.17, 15) is 9.90 Å². The lowest BCUT2D eigenvalue weighted by atomic mass is 9.78. The SMILES string of the molecule is COc1ccc([C@H]2CC[C@H](CN(c3cccc(-c4cnn(C5CCOCC5)c4)c3)C(=O)[C@H]3CC[C@H](O)CC3)CC2)cc1C. The third-order valence-electron chi connectivity index (χ3n) is 10.1. The van der Waals surface area contributed by atoms with E-state index in [0.29, 0.717) is 30.7 Å². The highest BCUT2D eigenvalue weighted by molar-refractivity contribution is 5.95. The summed E-state index contributed by atoms with van der Waals surface area (Å²) in [5.74, 6) is 2.16. The summed E-state index contributed by atoms with van der Waals surface area (Å²) in [6.07, 6.45) is 13.2. The Morgan fingerprint density at radius 3 is 2.47 bits per heavy atom. The molecule has 0 spiro atoms. The second-order valence-electron chi connectivity index (χ2n) is 13.0. The fourth-order valence-corrected chi connectivity index (χ4v) is 7.45. The number of carbonyl (C=O) groups excluding carboxylic acids is 1. The van der Waals surface area contributed by atoms with Crippen LogP contribution in [0.15, 0.2) is 54.9 Å². The number of benzene rings is 2. The van der Waals surface area contributed by atoms with Crippen LogP contribution in [0.2, 0.25) is 0 Å². The van der Waals surface area contributed by atoms with Crippen molar-refractivity contribution in [3.05, 3.63) is 66.0 Å². The Morgan fingerprint density at radius 1 is 0.977 bits per heavy atom. The van der Waals surface area contributed by atoms with Crippen LogP contribution in [0, 0.1) is 18.8 Å². The van der Waals surface area contributed by atoms with Crippen LogP contribution in [0.5, 0.6) is 5.75 Å². The fourth-order valence-electron chi connectivity index (χ4n) is 7.45. The Hall–Kier alpha value is -3.16. The maximum absolute atomic E-state index is 14.1. The van der Waals surface area contributed by atoms with Gasteiger partial charge in [0.25, 0.3) is 0 Å². The monoisotopic (exact) mass is 585 g/mol. The Balaban J connectivity index is 1.19. The van der Waals surface area contributed by atoms with Crippen molar-refractivity contribution in [1.29, 1.82) is 0 Å². The van der Waals surface area contributed by atoms with Crippen molar-refractivity contribution in [2.75, 3.05) is 31.8 Å². The molecule has 2 aromatic carbocycles. The quantitative estimate of drug-likeness (QED) is 0.306. The summed E-state index contributed by atoms with van der Waals surface area (Å²) < 4.78 is 13.1. The van der Waals surface area contributed by atoms with E-state index in [1.54, 1.807) is 7.11 Å². The van der Waals surface area contributed by atoms with E-state index in [1.165, 1.54) is 11.1 Å². The van der Waals surface area contributed by atoms with Gasteiger partial charge in [0.2, 0.25) is 5.91 Å². The lowest BCUT2D eigenvalue weighted by Crippen LogP contribution is -2.41. The van der Waals surface area contributed by atoms with E-state index in [0.717, 1.165) is 93.7 Å². The molecular formula is C36H47N3O4. The number of aliphatic hydroxyl groups excluding tert-OH is 1. The molecule has 3 fully saturated rings. The van der Waals surface area contributed by atoms with Crippen molar-refractivity contribution in [3.63, 3.8) is 0 Å². The van der Waals surface area contributed by atoms with E-state index in [-0.39, 0.29) is 17.9 Å². The number of amides is 1. The maximum atomic E-state index is 14.1. The number of methoxy groups -OCH3 is 1. The second-order valence-corrected chi connectivity index (χ2v) is 13.0. The largest absolute Gasteiger partial charge is 0.496 e. The standard InChI is InChI=1S/C36H47N3O4/c1-25-20-30(12-15-35(25)42-2)27-8-6-26(7-9-27)23-38(36(41)28-10-13-34(40)14-11-28)33-5-3-4-29(21-33)31-22-37-39(24-31)32-16-18-43-19-17-32/h3-5,12,15,20-22,24,26-28,32,34,40H,6-11,13-14,16-19,23H2,1-2H3/t26-,27-,28-,34-. The van der Waals surface area contributed by atoms with Crippen LogP contribution < -0.4 is 9.64 Å². The molecular weight excluding hydrogens is 538 g/mol. The third-order valence-corrected chi connectivity index (χ3v) is 10.1. The highest BCUT2D eigenvalue weighted by Crippen LogP contribution is 2.39. The summed E-state index contributed by atoms with van der Waals surface area (Å²) in [7, 11) is 1.73. The van der Waals surface area contributed by atoms with E-state index in [1.807, 2.05) is 6.20 Å². The van der Waals surface area contributed by atoms with E-state index in [4.69, 9.17) is 14.6 Å². The maximum Gasteiger partial charge on any atom is 0.230 e. The van der Waals surface area contributed by atoms with Gasteiger partial charge in [0.1, 0.15) is 5.75 Å². The lowest BCUT2D eigenvalue weighted by Gasteiger charge is -2.36. The molecule has 1 saturated heterocycles. The Kier molecular flexibility index (Phi) is 9.49. The molecule has 7 heteroatoms. The van der Waals surface area contributed by atoms with Crippen LogP contribution in [0.1, 0.15) is 87.3 Å². The molecule has 230 valence electrons. The predicted molar refractivity (Wildman–Crippen MR) is 170 cm³/mol. The highest BCUT2D eigenvalue weighted by Gasteiger charge is 2.32. The first-order valence-electron chi connectivity index (χ1n) is 16.3. The zero-order chi connectivity index (χ0) is 29.8. The molecule has 2 aliphatic carbocycles. The van der Waals surface area contributed by atoms with Gasteiger partial charge in [-0.25, -0.2) is 0 Å². The zero-order valence-corrected chi connectivity index (χ0v) is 25.8. The molecule has 2 saturated carbocycles. The first kappa shape index (κ1) is 29.9. The third kappa shape index (κ3) is 6.99. The number of hydrogen-bond donors (Lipinski definition) is 1. The molecule has 2 heterocycles. The van der Waals surface area contributed by atoms with Crippen LogP contribution in [0.4, 0.5) is 5.69 Å². The molecule has 1 N–H and O–H groups in total. The van der Waals surface area contributed by atoms with Crippen LogP contribution >= 0.6 is 0 Å². The van der Waals surface area contributed by atoms with E-state index >= 15 is 0 Å². The zero-order valence-electron chi connectivity index (χ0n) is 25.8. The summed E-state index contributed by atoms with van der Waals surface area (Å²) >= 11 is 0. The topological polar surface area (TPSA) is 76.8 Å². The van der Waals surface area contributed by atoms with Crippen molar-refractivity contribution in [3.8, 4) is 16.9 Å². The molecule has 1 amide bonds. The minimum absolute atomic E-state index is 0.0260. The smallest absolute Gasteiger partial charge is 0.230 e. The van der Waals surface area contributed by atoms with Gasteiger partial charge in [-0.3, -0.25) is 9.48 Å². The molecule has 0 unspecified atom stereocenters. The predicted octanol–water partition coefficient (Wildman–Crippen LogP) is 7.08. The molecule has 3 aliphatic rings. The number of aromatic nitrogens is 2. The number of rotatable bonds is 8. The van der Waals surface area contributed by atoms with Gasteiger partial charge in [0.15, 0.2) is 0 Å². The first-order chi connectivity index (χ1) is 21.0. The van der Waals surface area contributed by atoms with Gasteiger partial charge >= 0.3 is 0 Å². The highest BCUT2D eigenvalue weighted by atomic mass is 16.5. The lowest BCUT2D eigenvalue weighted by molar-refractivity contribution is -0.124. The molecule has 0 atom stereocenters. The molecule has 0 bridgehead atoms. The summed E-state index contributed by atoms with van der Waals surface area (Å²) in [4.78, 5) is 16.2. The van der Waals surface area contributed by atoms with E-state index < -0.39 is 0 Å². The minimum Gasteiger partial charge on any atom is -0.496 e. The van der Waals surface area contributed by atoms with Gasteiger partial charge in [-0.15, -0.1) is 0 Å². The average Bonchev–Trinajstić information content (AvgIpc) is 3.55. The van der Waals surface area contributed by atoms with Crippen LogP contribution in [0.3, 0.4) is 0 Å². The number of carbonyl (C=O) groups is 1. The summed E-state index contributed by atoms with van der Waals surface area (Å²) in [6, 6.07) is 15.4. The van der Waals surface area contributed by atoms with Crippen molar-refractivity contribution in [2.24, 2.45) is 11.8 Å². The molecule has 1 aromatic heterocycles. The Morgan fingerprint density at radius 2 is 1.74 bits per heavy atom. The number of anilines is 1. The molecule has 6 rings (SSSR count). The number of nitrogens with zero attached hydrogens (tertiary/aromatic N) is 3. The van der Waals surface area contributed by atoms with Crippen molar-refractivity contribution in [1.82, 2.24) is 9.78 Å². The first-order valence-corrected chi connectivity index (χ1v) is 16.3. The number of aryl methyl sites for hydroxylation is 1. The fraction of sp³-hybridized carbons (Fsp3) is 0.556. The number of hydrogen-bond acceptors (Lipinski definition) is 5. The van der Waals surface area contributed by atoms with Gasteiger partial charge in [-0.2, -0.15) is 5.10 Å². The molecule has 0 radical (unpaired) electrons. The minimum atomic E-state index is -0.273. The van der Waals surface area contributed by atoms with Crippen molar-refractivity contribution >= 4 is 11.6 Å². The van der Waals surface area contributed by atoms with Gasteiger partial charge in [0.05, 0.1) is 25.5 Å². The van der Waals surface area contributed by atoms with Crippen LogP contribution in [0.25, 0.3) is 11.1 Å².